The first-order valence-corrected chi connectivity index (χ1v) is 9.24. The van der Waals surface area contributed by atoms with Crippen molar-refractivity contribution >= 4 is 17.5 Å². The standard InChI is InChI=1S/C19H28N4O2/c1-15(19(25)21-17-7-8-17)22-11-13-23(14-12-22)18(24)9-10-20-16-5-3-2-4-6-16/h2-6,15,17,20H,7-14H2,1H3,(H,21,25)/t15-/m0/s1. The Morgan fingerprint density at radius 3 is 2.44 bits per heavy atom. The van der Waals surface area contributed by atoms with Crippen LogP contribution in [-0.2, 0) is 9.59 Å². The third-order valence-corrected chi connectivity index (χ3v) is 4.96. The van der Waals surface area contributed by atoms with Crippen LogP contribution < -0.4 is 10.6 Å². The first-order valence-electron chi connectivity index (χ1n) is 9.24. The molecule has 6 nitrogen and oxygen atoms in total. The van der Waals surface area contributed by atoms with E-state index in [9.17, 15) is 9.59 Å². The molecule has 2 fully saturated rings. The number of nitrogens with zero attached hydrogens (tertiary/aromatic N) is 2. The van der Waals surface area contributed by atoms with E-state index in [1.165, 1.54) is 0 Å². The lowest BCUT2D eigenvalue weighted by Crippen LogP contribution is -2.55. The Hall–Kier alpha value is -2.08. The number of carbonyl (C=O) groups is 2. The van der Waals surface area contributed by atoms with E-state index < -0.39 is 0 Å². The summed E-state index contributed by atoms with van der Waals surface area (Å²) in [6.07, 6.45) is 2.71. The molecule has 2 aliphatic rings. The zero-order chi connectivity index (χ0) is 17.6. The van der Waals surface area contributed by atoms with Crippen LogP contribution in [0.5, 0.6) is 0 Å². The molecule has 0 aromatic heterocycles. The molecule has 6 heteroatoms. The molecule has 2 amide bonds. The summed E-state index contributed by atoms with van der Waals surface area (Å²) >= 11 is 0. The number of hydrogen-bond donors (Lipinski definition) is 2. The van der Waals surface area contributed by atoms with Gasteiger partial charge in [0.2, 0.25) is 11.8 Å². The molecule has 0 bridgehead atoms. The maximum atomic E-state index is 12.3. The van der Waals surface area contributed by atoms with Crippen LogP contribution in [0, 0.1) is 0 Å². The molecule has 1 saturated heterocycles. The first-order chi connectivity index (χ1) is 12.1. The van der Waals surface area contributed by atoms with Crippen molar-refractivity contribution in [2.75, 3.05) is 38.0 Å². The van der Waals surface area contributed by atoms with Gasteiger partial charge in [-0.3, -0.25) is 14.5 Å². The Morgan fingerprint density at radius 2 is 1.80 bits per heavy atom. The van der Waals surface area contributed by atoms with E-state index >= 15 is 0 Å². The van der Waals surface area contributed by atoms with Gasteiger partial charge in [0, 0.05) is 50.9 Å². The molecule has 0 spiro atoms. The fourth-order valence-electron chi connectivity index (χ4n) is 3.10. The van der Waals surface area contributed by atoms with Crippen LogP contribution in [0.2, 0.25) is 0 Å². The summed E-state index contributed by atoms with van der Waals surface area (Å²) in [6, 6.07) is 10.2. The zero-order valence-electron chi connectivity index (χ0n) is 14.9. The van der Waals surface area contributed by atoms with E-state index in [0.29, 0.717) is 32.1 Å². The van der Waals surface area contributed by atoms with E-state index in [1.807, 2.05) is 42.2 Å². The number of rotatable bonds is 7. The maximum absolute atomic E-state index is 12.3. The molecule has 0 radical (unpaired) electrons. The SMILES string of the molecule is C[C@@H](C(=O)NC1CC1)N1CCN(C(=O)CCNc2ccccc2)CC1. The van der Waals surface area contributed by atoms with Gasteiger partial charge in [-0.25, -0.2) is 0 Å². The number of anilines is 1. The molecule has 0 unspecified atom stereocenters. The van der Waals surface area contributed by atoms with E-state index in [-0.39, 0.29) is 17.9 Å². The summed E-state index contributed by atoms with van der Waals surface area (Å²) < 4.78 is 0. The summed E-state index contributed by atoms with van der Waals surface area (Å²) in [5.41, 5.74) is 1.04. The molecule has 136 valence electrons. The third-order valence-electron chi connectivity index (χ3n) is 4.96. The van der Waals surface area contributed by atoms with Gasteiger partial charge in [-0.15, -0.1) is 0 Å². The Bertz CT molecular complexity index is 580. The van der Waals surface area contributed by atoms with Gasteiger partial charge in [-0.2, -0.15) is 0 Å². The van der Waals surface area contributed by atoms with Crippen molar-refractivity contribution in [3.05, 3.63) is 30.3 Å². The van der Waals surface area contributed by atoms with Crippen molar-refractivity contribution in [2.45, 2.75) is 38.3 Å². The third kappa shape index (κ3) is 5.19. The number of piperazine rings is 1. The topological polar surface area (TPSA) is 64.7 Å². The predicted molar refractivity (Wildman–Crippen MR) is 98.3 cm³/mol. The van der Waals surface area contributed by atoms with E-state index in [2.05, 4.69) is 15.5 Å². The first kappa shape index (κ1) is 17.7. The Morgan fingerprint density at radius 1 is 1.12 bits per heavy atom. The quantitative estimate of drug-likeness (QED) is 0.783. The van der Waals surface area contributed by atoms with Crippen LogP contribution in [0.4, 0.5) is 5.69 Å². The Labute approximate surface area is 149 Å². The van der Waals surface area contributed by atoms with Crippen molar-refractivity contribution in [3.8, 4) is 0 Å². The zero-order valence-corrected chi connectivity index (χ0v) is 14.9. The van der Waals surface area contributed by atoms with Crippen molar-refractivity contribution in [1.82, 2.24) is 15.1 Å². The van der Waals surface area contributed by atoms with E-state index in [1.54, 1.807) is 0 Å². The highest BCUT2D eigenvalue weighted by atomic mass is 16.2. The van der Waals surface area contributed by atoms with E-state index in [4.69, 9.17) is 0 Å². The summed E-state index contributed by atoms with van der Waals surface area (Å²) in [6.45, 7) is 5.52. The minimum Gasteiger partial charge on any atom is -0.385 e. The van der Waals surface area contributed by atoms with Crippen LogP contribution in [0.1, 0.15) is 26.2 Å². The van der Waals surface area contributed by atoms with Crippen LogP contribution in [0.3, 0.4) is 0 Å². The normalized spacial score (nSPS) is 19.3. The van der Waals surface area contributed by atoms with Gasteiger partial charge < -0.3 is 15.5 Å². The fourth-order valence-corrected chi connectivity index (χ4v) is 3.10. The number of benzene rings is 1. The van der Waals surface area contributed by atoms with Gasteiger partial charge in [0.1, 0.15) is 0 Å². The minimum absolute atomic E-state index is 0.113. The molecule has 25 heavy (non-hydrogen) atoms. The van der Waals surface area contributed by atoms with Gasteiger partial charge in [-0.1, -0.05) is 18.2 Å². The molecule has 1 aliphatic carbocycles. The van der Waals surface area contributed by atoms with Gasteiger partial charge in [0.25, 0.3) is 0 Å². The summed E-state index contributed by atoms with van der Waals surface area (Å²) in [5, 5.41) is 6.33. The molecule has 1 aliphatic heterocycles. The lowest BCUT2D eigenvalue weighted by Gasteiger charge is -2.37. The highest BCUT2D eigenvalue weighted by Gasteiger charge is 2.30. The minimum atomic E-state index is -0.113. The Kier molecular flexibility index (Phi) is 5.91. The number of hydrogen-bond acceptors (Lipinski definition) is 4. The van der Waals surface area contributed by atoms with Crippen molar-refractivity contribution in [1.29, 1.82) is 0 Å². The van der Waals surface area contributed by atoms with Crippen molar-refractivity contribution < 1.29 is 9.59 Å². The van der Waals surface area contributed by atoms with Crippen molar-refractivity contribution in [2.24, 2.45) is 0 Å². The molecule has 1 heterocycles. The molecule has 1 saturated carbocycles. The number of para-hydroxylation sites is 1. The predicted octanol–water partition coefficient (Wildman–Crippen LogP) is 1.30. The fraction of sp³-hybridized carbons (Fsp3) is 0.579. The monoisotopic (exact) mass is 344 g/mol. The summed E-state index contributed by atoms with van der Waals surface area (Å²) in [4.78, 5) is 28.6. The second-order valence-corrected chi connectivity index (χ2v) is 6.92. The molecule has 1 aromatic carbocycles. The number of amides is 2. The van der Waals surface area contributed by atoms with Crippen LogP contribution in [0.15, 0.2) is 30.3 Å². The average molecular weight is 344 g/mol. The van der Waals surface area contributed by atoms with Gasteiger partial charge in [0.15, 0.2) is 0 Å². The van der Waals surface area contributed by atoms with Gasteiger partial charge in [-0.05, 0) is 31.9 Å². The number of nitrogens with one attached hydrogen (secondary N) is 2. The molecule has 2 N–H and O–H groups in total. The number of carbonyl (C=O) groups excluding carboxylic acids is 2. The maximum Gasteiger partial charge on any atom is 0.237 e. The lowest BCUT2D eigenvalue weighted by molar-refractivity contribution is -0.134. The van der Waals surface area contributed by atoms with E-state index in [0.717, 1.165) is 31.6 Å². The highest BCUT2D eigenvalue weighted by Crippen LogP contribution is 2.19. The largest absolute Gasteiger partial charge is 0.385 e. The van der Waals surface area contributed by atoms with Crippen LogP contribution in [0.25, 0.3) is 0 Å². The molecule has 3 rings (SSSR count). The molecule has 1 aromatic rings. The smallest absolute Gasteiger partial charge is 0.237 e. The summed E-state index contributed by atoms with van der Waals surface area (Å²) in [7, 11) is 0. The molecular formula is C19H28N4O2. The van der Waals surface area contributed by atoms with Crippen LogP contribution >= 0.6 is 0 Å². The van der Waals surface area contributed by atoms with Gasteiger partial charge in [0.05, 0.1) is 6.04 Å². The average Bonchev–Trinajstić information content (AvgIpc) is 3.46. The summed E-state index contributed by atoms with van der Waals surface area (Å²) in [5.74, 6) is 0.299. The van der Waals surface area contributed by atoms with Crippen molar-refractivity contribution in [3.63, 3.8) is 0 Å². The molecule has 1 atom stereocenters. The Balaban J connectivity index is 1.36. The highest BCUT2D eigenvalue weighted by molar-refractivity contribution is 5.82. The lowest BCUT2D eigenvalue weighted by atomic mass is 10.2. The second-order valence-electron chi connectivity index (χ2n) is 6.92. The second kappa shape index (κ2) is 8.34. The van der Waals surface area contributed by atoms with Gasteiger partial charge >= 0.3 is 0 Å². The van der Waals surface area contributed by atoms with Crippen LogP contribution in [-0.4, -0.2) is 66.4 Å². The molecular weight excluding hydrogens is 316 g/mol.